The van der Waals surface area contributed by atoms with Gasteiger partial charge < -0.3 is 10.1 Å². The molecule has 2 unspecified atom stereocenters. The van der Waals surface area contributed by atoms with Crippen molar-refractivity contribution in [1.29, 1.82) is 0 Å². The fourth-order valence-electron chi connectivity index (χ4n) is 2.49. The summed E-state index contributed by atoms with van der Waals surface area (Å²) in [6.07, 6.45) is 0.360. The Morgan fingerprint density at radius 3 is 2.48 bits per heavy atom. The zero-order valence-electron chi connectivity index (χ0n) is 14.4. The van der Waals surface area contributed by atoms with Crippen LogP contribution in [-0.2, 0) is 20.7 Å². The van der Waals surface area contributed by atoms with Crippen molar-refractivity contribution in [3.05, 3.63) is 71.5 Å². The molecule has 2 aromatic rings. The lowest BCUT2D eigenvalue weighted by Gasteiger charge is -2.15. The lowest BCUT2D eigenvalue weighted by Crippen LogP contribution is -2.32. The second kappa shape index (κ2) is 8.97. The average molecular weight is 343 g/mol. The summed E-state index contributed by atoms with van der Waals surface area (Å²) in [5.41, 5.74) is 1.69. The molecule has 25 heavy (non-hydrogen) atoms. The van der Waals surface area contributed by atoms with E-state index in [-0.39, 0.29) is 24.4 Å². The van der Waals surface area contributed by atoms with Gasteiger partial charge in [0.25, 0.3) is 5.91 Å². The van der Waals surface area contributed by atoms with E-state index < -0.39 is 11.9 Å². The largest absolute Gasteiger partial charge is 0.455 e. The molecule has 1 amide bonds. The fourth-order valence-corrected chi connectivity index (χ4v) is 2.49. The normalized spacial score (nSPS) is 12.9. The number of nitrogens with one attached hydrogen (secondary N) is 1. The minimum absolute atomic E-state index is 0.169. The number of hydrogen-bond donors (Lipinski definition) is 1. The van der Waals surface area contributed by atoms with Crippen molar-refractivity contribution >= 4 is 11.9 Å². The van der Waals surface area contributed by atoms with Crippen LogP contribution in [0.4, 0.5) is 4.39 Å². The van der Waals surface area contributed by atoms with E-state index in [9.17, 15) is 14.0 Å². The smallest absolute Gasteiger partial charge is 0.309 e. The van der Waals surface area contributed by atoms with Crippen molar-refractivity contribution in [1.82, 2.24) is 5.32 Å². The summed E-state index contributed by atoms with van der Waals surface area (Å²) in [6.45, 7) is 3.23. The van der Waals surface area contributed by atoms with Gasteiger partial charge in [0, 0.05) is 0 Å². The third kappa shape index (κ3) is 6.03. The standard InChI is InChI=1S/C20H22FNO3/c1-14(11-16-7-6-10-18(21)12-16)20(24)25-13-19(23)22-15(2)17-8-4-3-5-9-17/h3-10,12,14-15H,11,13H2,1-2H3,(H,22,23). The van der Waals surface area contributed by atoms with Crippen LogP contribution in [0.2, 0.25) is 0 Å². The van der Waals surface area contributed by atoms with Crippen LogP contribution in [0.5, 0.6) is 0 Å². The predicted octanol–water partition coefficient (Wildman–Crippen LogP) is 3.42. The average Bonchev–Trinajstić information content (AvgIpc) is 2.60. The predicted molar refractivity (Wildman–Crippen MR) is 93.2 cm³/mol. The Bertz CT molecular complexity index is 718. The lowest BCUT2D eigenvalue weighted by molar-refractivity contribution is -0.152. The Kier molecular flexibility index (Phi) is 6.69. The minimum Gasteiger partial charge on any atom is -0.455 e. The molecule has 2 rings (SSSR count). The Morgan fingerprint density at radius 1 is 1.08 bits per heavy atom. The topological polar surface area (TPSA) is 55.4 Å². The molecule has 0 aliphatic rings. The van der Waals surface area contributed by atoms with Crippen LogP contribution >= 0.6 is 0 Å². The Hall–Kier alpha value is -2.69. The van der Waals surface area contributed by atoms with Gasteiger partial charge in [-0.3, -0.25) is 9.59 Å². The third-order valence-corrected chi connectivity index (χ3v) is 3.86. The SMILES string of the molecule is CC(Cc1cccc(F)c1)C(=O)OCC(=O)NC(C)c1ccccc1. The summed E-state index contributed by atoms with van der Waals surface area (Å²) in [4.78, 5) is 23.9. The first-order chi connectivity index (χ1) is 12.0. The van der Waals surface area contributed by atoms with Crippen LogP contribution in [-0.4, -0.2) is 18.5 Å². The first kappa shape index (κ1) is 18.6. The van der Waals surface area contributed by atoms with E-state index in [1.807, 2.05) is 37.3 Å². The zero-order valence-corrected chi connectivity index (χ0v) is 14.4. The summed E-state index contributed by atoms with van der Waals surface area (Å²) in [6, 6.07) is 15.4. The molecular weight excluding hydrogens is 321 g/mol. The molecule has 1 N–H and O–H groups in total. The van der Waals surface area contributed by atoms with Crippen LogP contribution in [0.25, 0.3) is 0 Å². The van der Waals surface area contributed by atoms with Gasteiger partial charge in [0.2, 0.25) is 0 Å². The first-order valence-electron chi connectivity index (χ1n) is 8.21. The van der Waals surface area contributed by atoms with E-state index in [1.54, 1.807) is 19.1 Å². The van der Waals surface area contributed by atoms with Gasteiger partial charge in [-0.25, -0.2) is 4.39 Å². The molecule has 2 atom stereocenters. The summed E-state index contributed by atoms with van der Waals surface area (Å²) >= 11 is 0. The van der Waals surface area contributed by atoms with Gasteiger partial charge in [0.05, 0.1) is 12.0 Å². The van der Waals surface area contributed by atoms with E-state index >= 15 is 0 Å². The molecular formula is C20H22FNO3. The number of carbonyl (C=O) groups excluding carboxylic acids is 2. The monoisotopic (exact) mass is 343 g/mol. The molecule has 0 spiro atoms. The first-order valence-corrected chi connectivity index (χ1v) is 8.21. The van der Waals surface area contributed by atoms with Gasteiger partial charge in [0.15, 0.2) is 6.61 Å². The Balaban J connectivity index is 1.77. The van der Waals surface area contributed by atoms with E-state index in [0.717, 1.165) is 5.56 Å². The molecule has 0 saturated heterocycles. The van der Waals surface area contributed by atoms with E-state index in [1.165, 1.54) is 12.1 Å². The number of hydrogen-bond acceptors (Lipinski definition) is 3. The number of carbonyl (C=O) groups is 2. The number of ether oxygens (including phenoxy) is 1. The van der Waals surface area contributed by atoms with Crippen molar-refractivity contribution < 1.29 is 18.7 Å². The molecule has 0 aliphatic heterocycles. The van der Waals surface area contributed by atoms with Crippen LogP contribution in [0.3, 0.4) is 0 Å². The van der Waals surface area contributed by atoms with Gasteiger partial charge in [-0.1, -0.05) is 49.4 Å². The van der Waals surface area contributed by atoms with Crippen LogP contribution in [0, 0.1) is 11.7 Å². The molecule has 0 fully saturated rings. The third-order valence-electron chi connectivity index (χ3n) is 3.86. The van der Waals surface area contributed by atoms with Gasteiger partial charge >= 0.3 is 5.97 Å². The molecule has 0 bridgehead atoms. The van der Waals surface area contributed by atoms with Crippen molar-refractivity contribution in [3.63, 3.8) is 0 Å². The highest BCUT2D eigenvalue weighted by atomic mass is 19.1. The summed E-state index contributed by atoms with van der Waals surface area (Å²) in [5, 5.41) is 2.78. The molecule has 0 radical (unpaired) electrons. The maximum absolute atomic E-state index is 13.2. The number of amides is 1. The lowest BCUT2D eigenvalue weighted by atomic mass is 10.0. The molecule has 2 aromatic carbocycles. The minimum atomic E-state index is -0.480. The second-order valence-corrected chi connectivity index (χ2v) is 6.04. The van der Waals surface area contributed by atoms with Crippen molar-refractivity contribution in [2.24, 2.45) is 5.92 Å². The van der Waals surface area contributed by atoms with E-state index in [4.69, 9.17) is 4.74 Å². The quantitative estimate of drug-likeness (QED) is 0.784. The maximum atomic E-state index is 13.2. The molecule has 5 heteroatoms. The van der Waals surface area contributed by atoms with Gasteiger partial charge in [-0.2, -0.15) is 0 Å². The highest BCUT2D eigenvalue weighted by Crippen LogP contribution is 2.13. The molecule has 4 nitrogen and oxygen atoms in total. The molecule has 0 heterocycles. The molecule has 0 aromatic heterocycles. The van der Waals surface area contributed by atoms with Crippen LogP contribution < -0.4 is 5.32 Å². The van der Waals surface area contributed by atoms with Crippen molar-refractivity contribution in [2.75, 3.05) is 6.61 Å². The summed E-state index contributed by atoms with van der Waals surface area (Å²) in [5.74, 6) is -1.64. The van der Waals surface area contributed by atoms with Crippen molar-refractivity contribution in [2.45, 2.75) is 26.3 Å². The molecule has 0 aliphatic carbocycles. The number of benzene rings is 2. The number of halogens is 1. The maximum Gasteiger partial charge on any atom is 0.309 e. The van der Waals surface area contributed by atoms with Gasteiger partial charge in [-0.05, 0) is 36.6 Å². The van der Waals surface area contributed by atoms with Gasteiger partial charge in [0.1, 0.15) is 5.82 Å². The van der Waals surface area contributed by atoms with E-state index in [0.29, 0.717) is 12.0 Å². The Morgan fingerprint density at radius 2 is 1.80 bits per heavy atom. The summed E-state index contributed by atoms with van der Waals surface area (Å²) < 4.78 is 18.2. The van der Waals surface area contributed by atoms with Crippen LogP contribution in [0.15, 0.2) is 54.6 Å². The Labute approximate surface area is 147 Å². The highest BCUT2D eigenvalue weighted by molar-refractivity contribution is 5.81. The van der Waals surface area contributed by atoms with E-state index in [2.05, 4.69) is 5.32 Å². The zero-order chi connectivity index (χ0) is 18.2. The number of rotatable bonds is 7. The van der Waals surface area contributed by atoms with Crippen LogP contribution in [0.1, 0.15) is 31.0 Å². The summed E-state index contributed by atoms with van der Waals surface area (Å²) in [7, 11) is 0. The second-order valence-electron chi connectivity index (χ2n) is 6.04. The molecule has 0 saturated carbocycles. The molecule has 132 valence electrons. The fraction of sp³-hybridized carbons (Fsp3) is 0.300. The van der Waals surface area contributed by atoms with Crippen molar-refractivity contribution in [3.8, 4) is 0 Å². The van der Waals surface area contributed by atoms with Gasteiger partial charge in [-0.15, -0.1) is 0 Å². The number of esters is 1. The highest BCUT2D eigenvalue weighted by Gasteiger charge is 2.17.